The molecular formula is C40H8Cl4F30N2O4. The van der Waals surface area contributed by atoms with Gasteiger partial charge in [0.05, 0.1) is 35.3 Å². The number of fused-ring (bicyclic) bond motifs is 2. The van der Waals surface area contributed by atoms with Crippen molar-refractivity contribution in [3.8, 4) is 0 Å². The number of hydrogen-bond donors (Lipinski definition) is 0. The molecule has 440 valence electrons. The Bertz CT molecular complexity index is 3200. The van der Waals surface area contributed by atoms with E-state index in [9.17, 15) is 133 Å². The summed E-state index contributed by atoms with van der Waals surface area (Å²) in [5.41, 5.74) is -5.41. The van der Waals surface area contributed by atoms with Gasteiger partial charge in [-0.3, -0.25) is 29.0 Å². The minimum atomic E-state index is -8.79. The van der Waals surface area contributed by atoms with E-state index in [1.165, 1.54) is 0 Å². The molecule has 0 atom stereocenters. The number of carbonyl (C=O) groups excluding carboxylic acids is 4. The number of hydrogen-bond acceptors (Lipinski definition) is 4. The third-order valence-electron chi connectivity index (χ3n) is 12.5. The Morgan fingerprint density at radius 2 is 0.438 bits per heavy atom. The maximum absolute atomic E-state index is 15.3. The fraction of sp³-hybridized carbons (Fsp3) is 0.400. The second kappa shape index (κ2) is 17.2. The van der Waals surface area contributed by atoms with Crippen molar-refractivity contribution in [1.29, 1.82) is 0 Å². The van der Waals surface area contributed by atoms with Crippen LogP contribution in [-0.2, 0) is 0 Å². The molecule has 5 aromatic carbocycles. The molecule has 2 aliphatic rings. The molecule has 7 rings (SSSR count). The highest BCUT2D eigenvalue weighted by Gasteiger charge is 2.95. The third-order valence-corrected chi connectivity index (χ3v) is 13.7. The van der Waals surface area contributed by atoms with Gasteiger partial charge in [-0.2, -0.15) is 132 Å². The van der Waals surface area contributed by atoms with E-state index in [2.05, 4.69) is 0 Å². The Balaban J connectivity index is 1.35. The second-order valence-corrected chi connectivity index (χ2v) is 18.8. The fourth-order valence-corrected chi connectivity index (χ4v) is 9.63. The summed E-state index contributed by atoms with van der Waals surface area (Å²) in [6, 6.07) is 0.941. The summed E-state index contributed by atoms with van der Waals surface area (Å²) in [7, 11) is 0. The molecule has 0 bridgehead atoms. The van der Waals surface area contributed by atoms with Gasteiger partial charge in [0.1, 0.15) is 0 Å². The van der Waals surface area contributed by atoms with Crippen LogP contribution in [0.5, 0.6) is 0 Å². The lowest BCUT2D eigenvalue weighted by molar-refractivity contribution is -0.452. The van der Waals surface area contributed by atoms with Crippen LogP contribution in [0.4, 0.5) is 132 Å². The smallest absolute Gasteiger partial charge is 0.269 e. The molecule has 4 amide bonds. The van der Waals surface area contributed by atoms with Crippen LogP contribution in [0.25, 0.3) is 43.1 Å². The van der Waals surface area contributed by atoms with Gasteiger partial charge in [0.25, 0.3) is 23.6 Å². The maximum Gasteiger partial charge on any atom is 0.460 e. The minimum Gasteiger partial charge on any atom is -0.269 e. The SMILES string of the molecule is O=C1c2cc(Cl)c3c4c(Cl)cc5c6c(cc(Cl)c(c7c(Cl)cc(c2c37)C(=O)N1CC(F)(F)C(F)(F)C(F)(F)C(F)(F)C(F)(F)C(F)(F)C(F)(F)F)c64)C(=O)N(CC(F)(F)C(F)(F)C(F)(F)C(F)(F)C(F)(F)C(F)(F)C(F)(F)F)C5=O. The molecule has 0 N–H and O–H groups in total. The first kappa shape index (κ1) is 62.3. The molecule has 0 fully saturated rings. The normalized spacial score (nSPS) is 16.8. The number of benzene rings is 5. The quantitative estimate of drug-likeness (QED) is 0.0481. The first-order valence-corrected chi connectivity index (χ1v) is 21.3. The monoisotopic (exact) mass is 1290 g/mol. The number of amides is 4. The zero-order chi connectivity index (χ0) is 61.9. The topological polar surface area (TPSA) is 74.8 Å². The van der Waals surface area contributed by atoms with Crippen LogP contribution in [-0.4, -0.2) is 130 Å². The molecule has 0 aromatic heterocycles. The molecule has 0 saturated carbocycles. The van der Waals surface area contributed by atoms with Gasteiger partial charge in [-0.25, -0.2) is 0 Å². The highest BCUT2D eigenvalue weighted by atomic mass is 35.5. The van der Waals surface area contributed by atoms with E-state index in [0.29, 0.717) is 0 Å². The van der Waals surface area contributed by atoms with E-state index in [4.69, 9.17) is 46.4 Å². The lowest BCUT2D eigenvalue weighted by Gasteiger charge is -2.42. The predicted octanol–water partition coefficient (Wildman–Crippen LogP) is 16.3. The summed E-state index contributed by atoms with van der Waals surface area (Å²) < 4.78 is 420. The van der Waals surface area contributed by atoms with E-state index in [0.717, 1.165) is 0 Å². The van der Waals surface area contributed by atoms with E-state index in [1.807, 2.05) is 0 Å². The van der Waals surface area contributed by atoms with Crippen molar-refractivity contribution < 1.29 is 151 Å². The molecular weight excluding hydrogens is 1280 g/mol. The number of imide groups is 2. The van der Waals surface area contributed by atoms with Gasteiger partial charge in [-0.15, -0.1) is 0 Å². The van der Waals surface area contributed by atoms with Crippen LogP contribution in [0.3, 0.4) is 0 Å². The number of rotatable bonds is 14. The van der Waals surface area contributed by atoms with Crippen molar-refractivity contribution in [3.63, 3.8) is 0 Å². The van der Waals surface area contributed by atoms with Gasteiger partial charge < -0.3 is 0 Å². The Labute approximate surface area is 436 Å². The number of halogens is 34. The zero-order valence-electron chi connectivity index (χ0n) is 36.1. The molecule has 2 aliphatic heterocycles. The average Bonchev–Trinajstić information content (AvgIpc) is 3.29. The lowest BCUT2D eigenvalue weighted by Crippen LogP contribution is -2.73. The van der Waals surface area contributed by atoms with Crippen molar-refractivity contribution >= 4 is 113 Å². The predicted molar refractivity (Wildman–Crippen MR) is 210 cm³/mol. The van der Waals surface area contributed by atoms with Gasteiger partial charge in [-0.1, -0.05) is 46.4 Å². The van der Waals surface area contributed by atoms with Crippen LogP contribution in [0.1, 0.15) is 41.4 Å². The standard InChI is InChI=1S/C40H8Cl4F30N2O4/c41-11-1-7-15-8(24(78)75(23(7)77)5-27(45,46)29(49,50)31(53,54)33(57,58)35(61,62)37(65,66)39(69,70)71)2-13(43)19-20-14(44)4-10-16-9(3-12(42)18(22(16)20)17(11)21(15)19)25(79)76(26(10)80)6-28(47,48)30(51,52)32(55,56)34(59,60)36(63,64)38(67,68)40(72,73)74/h1-4H,5-6H2. The second-order valence-electron chi connectivity index (χ2n) is 17.2. The van der Waals surface area contributed by atoms with Crippen molar-refractivity contribution in [2.24, 2.45) is 0 Å². The van der Waals surface area contributed by atoms with Crippen molar-refractivity contribution in [3.05, 3.63) is 66.6 Å². The number of carbonyl (C=O) groups is 4. The highest BCUT2D eigenvalue weighted by Crippen LogP contribution is 2.65. The molecule has 80 heavy (non-hydrogen) atoms. The summed E-state index contributed by atoms with van der Waals surface area (Å²) in [4.78, 5) is 52.6. The van der Waals surface area contributed by atoms with E-state index < -0.39 is 215 Å². The lowest BCUT2D eigenvalue weighted by atomic mass is 9.81. The van der Waals surface area contributed by atoms with Crippen molar-refractivity contribution in [1.82, 2.24) is 9.80 Å². The van der Waals surface area contributed by atoms with E-state index >= 15 is 17.6 Å². The Morgan fingerprint density at radius 1 is 0.263 bits per heavy atom. The van der Waals surface area contributed by atoms with Crippen molar-refractivity contribution in [2.45, 2.75) is 83.4 Å². The molecule has 5 aromatic rings. The molecule has 2 heterocycles. The van der Waals surface area contributed by atoms with Gasteiger partial charge in [0, 0.05) is 63.2 Å². The summed E-state index contributed by atoms with van der Waals surface area (Å²) in [5.74, 6) is -110. The maximum atomic E-state index is 15.3. The summed E-state index contributed by atoms with van der Waals surface area (Å²) >= 11 is 25.7. The van der Waals surface area contributed by atoms with Crippen LogP contribution in [0, 0.1) is 0 Å². The Kier molecular flexibility index (Phi) is 13.4. The first-order chi connectivity index (χ1) is 35.4. The van der Waals surface area contributed by atoms with Crippen LogP contribution >= 0.6 is 46.4 Å². The van der Waals surface area contributed by atoms with Gasteiger partial charge in [0.2, 0.25) is 0 Å². The van der Waals surface area contributed by atoms with Crippen LogP contribution in [0.2, 0.25) is 20.1 Å². The number of nitrogens with zero attached hydrogens (tertiary/aromatic N) is 2. The molecule has 0 radical (unpaired) electrons. The average molecular weight is 1290 g/mol. The van der Waals surface area contributed by atoms with Crippen LogP contribution in [0.15, 0.2) is 24.3 Å². The molecule has 0 aliphatic carbocycles. The summed E-state index contributed by atoms with van der Waals surface area (Å²) in [6.07, 6.45) is -15.9. The number of alkyl halides is 30. The molecule has 40 heteroatoms. The summed E-state index contributed by atoms with van der Waals surface area (Å²) in [6.45, 7) is -7.35. The highest BCUT2D eigenvalue weighted by molar-refractivity contribution is 6.56. The largest absolute Gasteiger partial charge is 0.460 e. The van der Waals surface area contributed by atoms with Gasteiger partial charge in [0.15, 0.2) is 0 Å². The molecule has 0 saturated heterocycles. The fourth-order valence-electron chi connectivity index (χ4n) is 8.44. The Morgan fingerprint density at radius 3 is 0.625 bits per heavy atom. The van der Waals surface area contributed by atoms with E-state index in [1.54, 1.807) is 0 Å². The first-order valence-electron chi connectivity index (χ1n) is 19.8. The molecule has 0 spiro atoms. The Hall–Kier alpha value is -5.26. The molecule has 0 unspecified atom stereocenters. The zero-order valence-corrected chi connectivity index (χ0v) is 39.1. The van der Waals surface area contributed by atoms with Gasteiger partial charge in [-0.05, 0) is 24.3 Å². The van der Waals surface area contributed by atoms with E-state index in [-0.39, 0.29) is 24.3 Å². The van der Waals surface area contributed by atoms with Crippen molar-refractivity contribution in [2.75, 3.05) is 13.1 Å². The third kappa shape index (κ3) is 7.41. The minimum absolute atomic E-state index is 0.235. The van der Waals surface area contributed by atoms with Crippen LogP contribution < -0.4 is 0 Å². The molecule has 6 nitrogen and oxygen atoms in total. The summed E-state index contributed by atoms with van der Waals surface area (Å²) in [5, 5.41) is -11.0. The van der Waals surface area contributed by atoms with Gasteiger partial charge >= 0.3 is 83.4 Å².